The van der Waals surface area contributed by atoms with E-state index in [1.54, 1.807) is 42.5 Å². The Balaban J connectivity index is 1.21. The Hall–Kier alpha value is -5.55. The van der Waals surface area contributed by atoms with Gasteiger partial charge in [-0.1, -0.05) is 54.6 Å². The molecule has 0 aliphatic carbocycles. The molecule has 10 nitrogen and oxygen atoms in total. The van der Waals surface area contributed by atoms with Crippen molar-refractivity contribution < 1.29 is 22.9 Å². The SMILES string of the molecule is O=C(CN(c1ccc([N+](=O)[O-])cc1)S(=O)(=O)c1ccccc1)N/N=C\c1ccc(OCc2ccc3ccccc3c2)cc1. The first-order chi connectivity index (χ1) is 20.8. The Labute approximate surface area is 248 Å². The third kappa shape index (κ3) is 7.21. The van der Waals surface area contributed by atoms with Gasteiger partial charge in [0.1, 0.15) is 18.9 Å². The Bertz CT molecular complexity index is 1880. The van der Waals surface area contributed by atoms with Crippen LogP contribution in [0.1, 0.15) is 11.1 Å². The van der Waals surface area contributed by atoms with Crippen LogP contribution in [0.25, 0.3) is 10.8 Å². The first-order valence-electron chi connectivity index (χ1n) is 13.1. The van der Waals surface area contributed by atoms with Crippen molar-refractivity contribution >= 4 is 44.3 Å². The number of nitro benzene ring substituents is 1. The zero-order valence-electron chi connectivity index (χ0n) is 22.7. The Morgan fingerprint density at radius 3 is 2.23 bits per heavy atom. The summed E-state index contributed by atoms with van der Waals surface area (Å²) < 4.78 is 33.5. The van der Waals surface area contributed by atoms with Gasteiger partial charge in [-0.05, 0) is 76.5 Å². The highest BCUT2D eigenvalue weighted by molar-refractivity contribution is 7.92. The van der Waals surface area contributed by atoms with Crippen LogP contribution in [0.5, 0.6) is 5.75 Å². The number of fused-ring (bicyclic) bond motifs is 1. The van der Waals surface area contributed by atoms with Crippen LogP contribution >= 0.6 is 0 Å². The van der Waals surface area contributed by atoms with Crippen LogP contribution in [0, 0.1) is 10.1 Å². The normalized spacial score (nSPS) is 11.3. The first-order valence-corrected chi connectivity index (χ1v) is 14.6. The molecule has 0 saturated heterocycles. The molecule has 11 heteroatoms. The molecule has 0 aromatic heterocycles. The fourth-order valence-corrected chi connectivity index (χ4v) is 5.71. The van der Waals surface area contributed by atoms with Gasteiger partial charge in [-0.3, -0.25) is 19.2 Å². The minimum Gasteiger partial charge on any atom is -0.489 e. The van der Waals surface area contributed by atoms with Crippen molar-refractivity contribution in [3.63, 3.8) is 0 Å². The molecule has 1 amide bonds. The molecule has 0 aliphatic rings. The molecule has 0 aliphatic heterocycles. The number of anilines is 1. The van der Waals surface area contributed by atoms with Crippen LogP contribution in [-0.2, 0) is 21.4 Å². The number of benzene rings is 5. The van der Waals surface area contributed by atoms with Crippen LogP contribution in [0.15, 0.2) is 131 Å². The van der Waals surface area contributed by atoms with E-state index in [4.69, 9.17) is 4.74 Å². The molecule has 0 radical (unpaired) electrons. The van der Waals surface area contributed by atoms with Gasteiger partial charge in [-0.15, -0.1) is 0 Å². The maximum atomic E-state index is 13.4. The molecule has 5 rings (SSSR count). The molecule has 1 N–H and O–H groups in total. The molecule has 216 valence electrons. The lowest BCUT2D eigenvalue weighted by Crippen LogP contribution is -2.39. The fraction of sp³-hybridized carbons (Fsp3) is 0.0625. The van der Waals surface area contributed by atoms with Crippen LogP contribution in [-0.4, -0.2) is 32.0 Å². The summed E-state index contributed by atoms with van der Waals surface area (Å²) in [6.45, 7) is -0.195. The van der Waals surface area contributed by atoms with Crippen LogP contribution in [0.2, 0.25) is 0 Å². The lowest BCUT2D eigenvalue weighted by atomic mass is 10.1. The molecule has 43 heavy (non-hydrogen) atoms. The number of sulfonamides is 1. The highest BCUT2D eigenvalue weighted by Gasteiger charge is 2.27. The van der Waals surface area contributed by atoms with E-state index < -0.39 is 27.4 Å². The highest BCUT2D eigenvalue weighted by atomic mass is 32.2. The number of rotatable bonds is 11. The summed E-state index contributed by atoms with van der Waals surface area (Å²) in [4.78, 5) is 23.2. The molecular formula is C32H26N4O6S. The van der Waals surface area contributed by atoms with Gasteiger partial charge in [0.15, 0.2) is 0 Å². The predicted molar refractivity (Wildman–Crippen MR) is 165 cm³/mol. The molecule has 5 aromatic rings. The van der Waals surface area contributed by atoms with Crippen molar-refractivity contribution in [3.05, 3.63) is 143 Å². The monoisotopic (exact) mass is 594 g/mol. The van der Waals surface area contributed by atoms with E-state index in [0.29, 0.717) is 17.9 Å². The predicted octanol–water partition coefficient (Wildman–Crippen LogP) is 5.67. The van der Waals surface area contributed by atoms with Crippen LogP contribution < -0.4 is 14.5 Å². The average molecular weight is 595 g/mol. The van der Waals surface area contributed by atoms with E-state index in [1.807, 2.05) is 18.2 Å². The summed E-state index contributed by atoms with van der Waals surface area (Å²) in [5, 5.41) is 17.3. The number of nitro groups is 1. The Kier molecular flexibility index (Phi) is 8.73. The minimum atomic E-state index is -4.16. The summed E-state index contributed by atoms with van der Waals surface area (Å²) in [6, 6.07) is 33.9. The lowest BCUT2D eigenvalue weighted by molar-refractivity contribution is -0.384. The molecule has 0 atom stereocenters. The number of hydrogen-bond donors (Lipinski definition) is 1. The van der Waals surface area contributed by atoms with Crippen molar-refractivity contribution in [3.8, 4) is 5.75 Å². The number of non-ortho nitro benzene ring substituents is 1. The zero-order valence-corrected chi connectivity index (χ0v) is 23.6. The van der Waals surface area contributed by atoms with Crippen molar-refractivity contribution in [1.29, 1.82) is 0 Å². The molecule has 0 unspecified atom stereocenters. The topological polar surface area (TPSA) is 131 Å². The van der Waals surface area contributed by atoms with E-state index in [2.05, 4.69) is 34.8 Å². The number of nitrogens with one attached hydrogen (secondary N) is 1. The second kappa shape index (κ2) is 13.0. The molecular weight excluding hydrogens is 568 g/mol. The molecule has 5 aromatic carbocycles. The highest BCUT2D eigenvalue weighted by Crippen LogP contribution is 2.26. The molecule has 0 spiro atoms. The summed E-state index contributed by atoms with van der Waals surface area (Å²) in [7, 11) is -4.16. The summed E-state index contributed by atoms with van der Waals surface area (Å²) in [5.41, 5.74) is 3.96. The second-order valence-corrected chi connectivity index (χ2v) is 11.3. The van der Waals surface area contributed by atoms with E-state index in [0.717, 1.165) is 15.3 Å². The van der Waals surface area contributed by atoms with Gasteiger partial charge in [0, 0.05) is 12.1 Å². The number of carbonyl (C=O) groups is 1. The van der Waals surface area contributed by atoms with Crippen molar-refractivity contribution in [2.75, 3.05) is 10.8 Å². The first kappa shape index (κ1) is 29.0. The fourth-order valence-electron chi connectivity index (χ4n) is 4.27. The van der Waals surface area contributed by atoms with E-state index in [1.165, 1.54) is 48.0 Å². The smallest absolute Gasteiger partial charge is 0.269 e. The van der Waals surface area contributed by atoms with Crippen LogP contribution in [0.3, 0.4) is 0 Å². The number of hydrazone groups is 1. The van der Waals surface area contributed by atoms with Gasteiger partial charge >= 0.3 is 0 Å². The third-order valence-electron chi connectivity index (χ3n) is 6.47. The molecule has 0 heterocycles. The van der Waals surface area contributed by atoms with Gasteiger partial charge in [0.2, 0.25) is 0 Å². The van der Waals surface area contributed by atoms with Crippen LogP contribution in [0.4, 0.5) is 11.4 Å². The number of nitrogens with zero attached hydrogens (tertiary/aromatic N) is 3. The molecule has 0 fully saturated rings. The van der Waals surface area contributed by atoms with E-state index in [-0.39, 0.29) is 16.3 Å². The number of amides is 1. The second-order valence-electron chi connectivity index (χ2n) is 9.43. The molecule has 0 saturated carbocycles. The maximum Gasteiger partial charge on any atom is 0.269 e. The number of hydrogen-bond acceptors (Lipinski definition) is 7. The number of ether oxygens (including phenoxy) is 1. The summed E-state index contributed by atoms with van der Waals surface area (Å²) >= 11 is 0. The number of carbonyl (C=O) groups excluding carboxylic acids is 1. The van der Waals surface area contributed by atoms with Crippen molar-refractivity contribution in [2.45, 2.75) is 11.5 Å². The van der Waals surface area contributed by atoms with Gasteiger partial charge in [-0.25, -0.2) is 13.8 Å². The lowest BCUT2D eigenvalue weighted by Gasteiger charge is -2.23. The van der Waals surface area contributed by atoms with Gasteiger partial charge in [0.25, 0.3) is 21.6 Å². The summed E-state index contributed by atoms with van der Waals surface area (Å²) in [5.74, 6) is -0.0383. The zero-order chi connectivity index (χ0) is 30.2. The van der Waals surface area contributed by atoms with E-state index >= 15 is 0 Å². The standard InChI is InChI=1S/C32H26N4O6S/c37-32(22-35(28-14-16-29(17-15-28)36(38)39)43(40,41)31-8-2-1-3-9-31)34-33-21-24-11-18-30(19-12-24)42-23-25-10-13-26-6-4-5-7-27(26)20-25/h1-21H,22-23H2,(H,34,37)/b33-21-. The molecule has 0 bridgehead atoms. The van der Waals surface area contributed by atoms with Gasteiger partial charge < -0.3 is 4.74 Å². The van der Waals surface area contributed by atoms with Gasteiger partial charge in [-0.2, -0.15) is 5.10 Å². The largest absolute Gasteiger partial charge is 0.489 e. The van der Waals surface area contributed by atoms with E-state index in [9.17, 15) is 23.3 Å². The Morgan fingerprint density at radius 2 is 1.53 bits per heavy atom. The Morgan fingerprint density at radius 1 is 0.860 bits per heavy atom. The average Bonchev–Trinajstić information content (AvgIpc) is 3.03. The quantitative estimate of drug-likeness (QED) is 0.119. The van der Waals surface area contributed by atoms with Gasteiger partial charge in [0.05, 0.1) is 21.7 Å². The third-order valence-corrected chi connectivity index (χ3v) is 8.26. The van der Waals surface area contributed by atoms with Crippen molar-refractivity contribution in [1.82, 2.24) is 5.43 Å². The minimum absolute atomic E-state index is 0.0346. The summed E-state index contributed by atoms with van der Waals surface area (Å²) in [6.07, 6.45) is 1.42. The maximum absolute atomic E-state index is 13.4. The van der Waals surface area contributed by atoms with Crippen molar-refractivity contribution in [2.24, 2.45) is 5.10 Å².